The van der Waals surface area contributed by atoms with E-state index >= 15 is 0 Å². The summed E-state index contributed by atoms with van der Waals surface area (Å²) in [4.78, 5) is 11.7. The molecule has 1 aromatic carbocycles. The van der Waals surface area contributed by atoms with Crippen LogP contribution in [0, 0.1) is 62.4 Å². The van der Waals surface area contributed by atoms with E-state index in [2.05, 4.69) is 34.6 Å². The van der Waals surface area contributed by atoms with Crippen LogP contribution in [0.4, 0.5) is 5.69 Å². The molecule has 1 aromatic rings. The van der Waals surface area contributed by atoms with E-state index in [0.29, 0.717) is 22.4 Å². The molecule has 0 N–H and O–H groups in total. The summed E-state index contributed by atoms with van der Waals surface area (Å²) in [5.74, 6) is 6.35. The first kappa shape index (κ1) is 26.2. The maximum atomic E-state index is 11.8. The molecular formula is C33H51NO2. The van der Waals surface area contributed by atoms with E-state index in [1.165, 1.54) is 64.2 Å². The average molecular weight is 494 g/mol. The van der Waals surface area contributed by atoms with Gasteiger partial charge in [-0.1, -0.05) is 72.1 Å². The zero-order valence-corrected chi connectivity index (χ0v) is 23.7. The lowest BCUT2D eigenvalue weighted by Crippen LogP contribution is -2.53. The Morgan fingerprint density at radius 3 is 2.39 bits per heavy atom. The second-order valence-corrected chi connectivity index (χ2v) is 14.5. The molecule has 3 nitrogen and oxygen atoms in total. The van der Waals surface area contributed by atoms with Gasteiger partial charge in [0.2, 0.25) is 0 Å². The number of para-hydroxylation sites is 1. The fourth-order valence-electron chi connectivity index (χ4n) is 10.7. The molecule has 0 radical (unpaired) electrons. The van der Waals surface area contributed by atoms with Crippen molar-refractivity contribution in [3.05, 3.63) is 39.9 Å². The third kappa shape index (κ3) is 4.45. The molecule has 2 unspecified atom stereocenters. The van der Waals surface area contributed by atoms with Crippen molar-refractivity contribution in [3.63, 3.8) is 0 Å². The molecule has 4 aliphatic rings. The van der Waals surface area contributed by atoms with E-state index in [0.717, 1.165) is 59.8 Å². The summed E-state index contributed by atoms with van der Waals surface area (Å²) in [6, 6.07) is 7.61. The standard InChI is InChI=1S/C33H51NO2/c1-22(2)9-8-10-23(3)28-17-18-29-27-16-15-25-14-13-24(26-11-6-7-12-31(26)34(35)36)21-33(25,5)30(27)19-20-32(28,29)4/h6-7,11-12,22-25,27-30H,8-10,13-21H2,1-5H3/t23-,24?,25?,27+,28-,29+,30+,32-,33+/m1/s1. The molecule has 0 saturated heterocycles. The van der Waals surface area contributed by atoms with Gasteiger partial charge < -0.3 is 0 Å². The Kier molecular flexibility index (Phi) is 7.33. The van der Waals surface area contributed by atoms with Crippen molar-refractivity contribution in [1.82, 2.24) is 0 Å². The number of benzene rings is 1. The first-order valence-electron chi connectivity index (χ1n) is 15.4. The molecule has 0 bridgehead atoms. The lowest BCUT2D eigenvalue weighted by atomic mass is 9.43. The molecule has 0 spiro atoms. The van der Waals surface area contributed by atoms with Gasteiger partial charge in [0.15, 0.2) is 0 Å². The third-order valence-electron chi connectivity index (χ3n) is 12.4. The molecule has 0 heterocycles. The van der Waals surface area contributed by atoms with Crippen LogP contribution >= 0.6 is 0 Å². The molecule has 9 atom stereocenters. The van der Waals surface area contributed by atoms with Crippen LogP contribution in [-0.2, 0) is 0 Å². The van der Waals surface area contributed by atoms with Crippen molar-refractivity contribution >= 4 is 5.69 Å². The third-order valence-corrected chi connectivity index (χ3v) is 12.4. The monoisotopic (exact) mass is 493 g/mol. The van der Waals surface area contributed by atoms with Gasteiger partial charge in [0.05, 0.1) is 4.92 Å². The van der Waals surface area contributed by atoms with Crippen LogP contribution in [0.1, 0.15) is 123 Å². The maximum Gasteiger partial charge on any atom is 0.272 e. The molecule has 36 heavy (non-hydrogen) atoms. The number of nitro groups is 1. The summed E-state index contributed by atoms with van der Waals surface area (Å²) in [7, 11) is 0. The van der Waals surface area contributed by atoms with E-state index in [4.69, 9.17) is 0 Å². The Hall–Kier alpha value is -1.38. The van der Waals surface area contributed by atoms with Crippen molar-refractivity contribution in [2.75, 3.05) is 0 Å². The van der Waals surface area contributed by atoms with Crippen molar-refractivity contribution in [2.24, 2.45) is 52.3 Å². The smallest absolute Gasteiger partial charge is 0.258 e. The fraction of sp³-hybridized carbons (Fsp3) is 0.818. The zero-order chi connectivity index (χ0) is 25.7. The summed E-state index contributed by atoms with van der Waals surface area (Å²) in [6.45, 7) is 12.6. The van der Waals surface area contributed by atoms with Crippen molar-refractivity contribution in [2.45, 2.75) is 118 Å². The summed E-state index contributed by atoms with van der Waals surface area (Å²) in [5, 5.41) is 11.8. The van der Waals surface area contributed by atoms with Crippen LogP contribution in [0.2, 0.25) is 0 Å². The van der Waals surface area contributed by atoms with Gasteiger partial charge in [-0.25, -0.2) is 0 Å². The predicted octanol–water partition coefficient (Wildman–Crippen LogP) is 9.80. The minimum absolute atomic E-state index is 0.152. The number of rotatable bonds is 7. The predicted molar refractivity (Wildman–Crippen MR) is 149 cm³/mol. The molecule has 4 aliphatic carbocycles. The second-order valence-electron chi connectivity index (χ2n) is 14.5. The molecule has 3 heteroatoms. The van der Waals surface area contributed by atoms with Crippen molar-refractivity contribution < 1.29 is 4.92 Å². The highest BCUT2D eigenvalue weighted by Crippen LogP contribution is 2.69. The van der Waals surface area contributed by atoms with E-state index in [1.54, 1.807) is 6.07 Å². The highest BCUT2D eigenvalue weighted by atomic mass is 16.6. The molecule has 4 saturated carbocycles. The average Bonchev–Trinajstić information content (AvgIpc) is 3.20. The number of nitrogens with zero attached hydrogens (tertiary/aromatic N) is 1. The molecule has 4 fully saturated rings. The Bertz CT molecular complexity index is 941. The molecule has 0 aromatic heterocycles. The minimum atomic E-state index is -0.152. The van der Waals surface area contributed by atoms with Crippen LogP contribution in [0.25, 0.3) is 0 Å². The van der Waals surface area contributed by atoms with Gasteiger partial charge in [0.1, 0.15) is 0 Å². The van der Waals surface area contributed by atoms with E-state index < -0.39 is 0 Å². The summed E-state index contributed by atoms with van der Waals surface area (Å²) in [6.07, 6.45) is 16.3. The van der Waals surface area contributed by atoms with Gasteiger partial charge >= 0.3 is 0 Å². The molecule has 0 amide bonds. The lowest BCUT2D eigenvalue weighted by molar-refractivity contribution is -0.385. The van der Waals surface area contributed by atoms with Crippen molar-refractivity contribution in [3.8, 4) is 0 Å². The zero-order valence-electron chi connectivity index (χ0n) is 23.7. The van der Waals surface area contributed by atoms with Gasteiger partial charge in [-0.05, 0) is 116 Å². The minimum Gasteiger partial charge on any atom is -0.258 e. The Morgan fingerprint density at radius 1 is 0.917 bits per heavy atom. The van der Waals surface area contributed by atoms with Crippen LogP contribution in [0.3, 0.4) is 0 Å². The SMILES string of the molecule is CC(C)CCC[C@@H](C)[C@H]1CC[C@H]2[C@@H]3CCC4CCC(c5ccccc5[N+](=O)[O-])C[C@]4(C)[C@H]3CC[C@]12C. The topological polar surface area (TPSA) is 43.1 Å². The first-order chi connectivity index (χ1) is 17.1. The largest absolute Gasteiger partial charge is 0.272 e. The lowest BCUT2D eigenvalue weighted by Gasteiger charge is -2.61. The maximum absolute atomic E-state index is 11.8. The highest BCUT2D eigenvalue weighted by Gasteiger charge is 2.60. The fourth-order valence-corrected chi connectivity index (χ4v) is 10.7. The van der Waals surface area contributed by atoms with E-state index in [1.807, 2.05) is 18.2 Å². The summed E-state index contributed by atoms with van der Waals surface area (Å²) < 4.78 is 0. The highest BCUT2D eigenvalue weighted by molar-refractivity contribution is 5.42. The van der Waals surface area contributed by atoms with Gasteiger partial charge in [-0.15, -0.1) is 0 Å². The Labute approximate surface area is 220 Å². The van der Waals surface area contributed by atoms with Crippen LogP contribution in [0.5, 0.6) is 0 Å². The van der Waals surface area contributed by atoms with Crippen LogP contribution < -0.4 is 0 Å². The molecular weight excluding hydrogens is 442 g/mol. The van der Waals surface area contributed by atoms with Crippen LogP contribution in [-0.4, -0.2) is 4.92 Å². The van der Waals surface area contributed by atoms with Crippen molar-refractivity contribution in [1.29, 1.82) is 0 Å². The van der Waals surface area contributed by atoms with Gasteiger partial charge in [-0.3, -0.25) is 10.1 Å². The summed E-state index contributed by atoms with van der Waals surface area (Å²) in [5.41, 5.74) is 2.23. The van der Waals surface area contributed by atoms with Gasteiger partial charge in [0, 0.05) is 11.6 Å². The first-order valence-corrected chi connectivity index (χ1v) is 15.4. The Balaban J connectivity index is 1.34. The summed E-state index contributed by atoms with van der Waals surface area (Å²) >= 11 is 0. The number of hydrogen-bond acceptors (Lipinski definition) is 2. The second kappa shape index (κ2) is 10.1. The molecule has 5 rings (SSSR count). The molecule has 200 valence electrons. The van der Waals surface area contributed by atoms with Gasteiger partial charge in [-0.2, -0.15) is 0 Å². The van der Waals surface area contributed by atoms with Gasteiger partial charge in [0.25, 0.3) is 5.69 Å². The number of fused-ring (bicyclic) bond motifs is 5. The normalized spacial score (nSPS) is 40.8. The van der Waals surface area contributed by atoms with E-state index in [-0.39, 0.29) is 4.92 Å². The number of hydrogen-bond donors (Lipinski definition) is 0. The molecule has 0 aliphatic heterocycles. The quantitative estimate of drug-likeness (QED) is 0.280. The number of nitro benzene ring substituents is 1. The van der Waals surface area contributed by atoms with Crippen LogP contribution in [0.15, 0.2) is 24.3 Å². The van der Waals surface area contributed by atoms with E-state index in [9.17, 15) is 10.1 Å². The Morgan fingerprint density at radius 2 is 1.64 bits per heavy atom.